The van der Waals surface area contributed by atoms with Gasteiger partial charge in [-0.1, -0.05) is 18.2 Å². The van der Waals surface area contributed by atoms with E-state index in [2.05, 4.69) is 29.3 Å². The largest absolute Gasteiger partial charge is 0.496 e. The average Bonchev–Trinajstić information content (AvgIpc) is 2.37. The Morgan fingerprint density at radius 3 is 2.82 bits per heavy atom. The van der Waals surface area contributed by atoms with Crippen LogP contribution in [0.25, 0.3) is 10.9 Å². The van der Waals surface area contributed by atoms with Crippen molar-refractivity contribution in [2.75, 3.05) is 7.11 Å². The number of fused-ring (bicyclic) bond motifs is 3. The Morgan fingerprint density at radius 2 is 2.00 bits per heavy atom. The van der Waals surface area contributed by atoms with E-state index in [-0.39, 0.29) is 0 Å². The summed E-state index contributed by atoms with van der Waals surface area (Å²) in [6.45, 7) is 2.01. The molecule has 0 saturated carbocycles. The molecule has 1 aliphatic rings. The summed E-state index contributed by atoms with van der Waals surface area (Å²) in [6, 6.07) is 6.31. The highest BCUT2D eigenvalue weighted by Crippen LogP contribution is 2.31. The molecule has 17 heavy (non-hydrogen) atoms. The molecular formula is C15H15NO. The van der Waals surface area contributed by atoms with E-state index in [9.17, 15) is 0 Å². The van der Waals surface area contributed by atoms with Crippen molar-refractivity contribution in [1.82, 2.24) is 4.98 Å². The van der Waals surface area contributed by atoms with Gasteiger partial charge in [0.05, 0.1) is 12.6 Å². The fourth-order valence-electron chi connectivity index (χ4n) is 2.48. The lowest BCUT2D eigenvalue weighted by molar-refractivity contribution is 0.419. The average molecular weight is 225 g/mol. The number of ether oxygens (including phenoxy) is 1. The van der Waals surface area contributed by atoms with Gasteiger partial charge in [-0.3, -0.25) is 4.98 Å². The maximum atomic E-state index is 5.44. The van der Waals surface area contributed by atoms with E-state index in [0.29, 0.717) is 0 Å². The molecule has 2 nitrogen and oxygen atoms in total. The maximum absolute atomic E-state index is 5.44. The van der Waals surface area contributed by atoms with Crippen molar-refractivity contribution in [3.8, 4) is 5.75 Å². The topological polar surface area (TPSA) is 22.1 Å². The summed E-state index contributed by atoms with van der Waals surface area (Å²) in [5, 5.41) is 1.12. The number of hydrogen-bond acceptors (Lipinski definition) is 2. The highest BCUT2D eigenvalue weighted by atomic mass is 16.5. The fraction of sp³-hybridized carbons (Fsp3) is 0.267. The summed E-state index contributed by atoms with van der Waals surface area (Å²) in [7, 11) is 1.72. The molecule has 3 rings (SSSR count). The summed E-state index contributed by atoms with van der Waals surface area (Å²) in [5.74, 6) is 0.921. The number of hydrogen-bond donors (Lipinski definition) is 0. The Hall–Kier alpha value is -1.83. The second-order valence-electron chi connectivity index (χ2n) is 4.44. The number of aryl methyl sites for hydroxylation is 1. The number of rotatable bonds is 1. The summed E-state index contributed by atoms with van der Waals surface area (Å²) < 4.78 is 5.44. The van der Waals surface area contributed by atoms with Crippen LogP contribution in [0, 0.1) is 6.92 Å². The Kier molecular flexibility index (Phi) is 2.36. The predicted molar refractivity (Wildman–Crippen MR) is 69.6 cm³/mol. The van der Waals surface area contributed by atoms with Crippen LogP contribution < -0.4 is 4.74 Å². The monoisotopic (exact) mass is 225 g/mol. The lowest BCUT2D eigenvalue weighted by atomic mass is 9.94. The first-order valence-electron chi connectivity index (χ1n) is 5.90. The van der Waals surface area contributed by atoms with Crippen LogP contribution in [-0.4, -0.2) is 12.1 Å². The molecule has 0 amide bonds. The van der Waals surface area contributed by atoms with Gasteiger partial charge < -0.3 is 4.74 Å². The molecular weight excluding hydrogens is 210 g/mol. The van der Waals surface area contributed by atoms with Crippen LogP contribution in [0.5, 0.6) is 5.75 Å². The van der Waals surface area contributed by atoms with Gasteiger partial charge >= 0.3 is 0 Å². The zero-order valence-corrected chi connectivity index (χ0v) is 10.2. The van der Waals surface area contributed by atoms with E-state index in [4.69, 9.17) is 4.74 Å². The minimum Gasteiger partial charge on any atom is -0.496 e. The molecule has 0 saturated heterocycles. The van der Waals surface area contributed by atoms with Crippen molar-refractivity contribution in [2.24, 2.45) is 0 Å². The molecule has 0 unspecified atom stereocenters. The third-order valence-corrected chi connectivity index (χ3v) is 3.32. The van der Waals surface area contributed by atoms with Gasteiger partial charge in [-0.25, -0.2) is 0 Å². The summed E-state index contributed by atoms with van der Waals surface area (Å²) >= 11 is 0. The molecule has 86 valence electrons. The van der Waals surface area contributed by atoms with Crippen molar-refractivity contribution in [1.29, 1.82) is 0 Å². The molecule has 0 atom stereocenters. The minimum atomic E-state index is 0.921. The normalized spacial score (nSPS) is 13.8. The first kappa shape index (κ1) is 10.3. The van der Waals surface area contributed by atoms with Crippen LogP contribution in [0.15, 0.2) is 30.4 Å². The van der Waals surface area contributed by atoms with Crippen LogP contribution in [0.1, 0.15) is 16.8 Å². The van der Waals surface area contributed by atoms with E-state index in [1.807, 2.05) is 13.0 Å². The third-order valence-electron chi connectivity index (χ3n) is 3.32. The standard InChI is InChI=1S/C15H15NO/c1-10-9-14(17-2)13-8-7-11-5-3-4-6-12(11)15(13)16-10/h3-4,7-9H,5-6H2,1-2H3. The smallest absolute Gasteiger partial charge is 0.130 e. The van der Waals surface area contributed by atoms with Crippen LogP contribution >= 0.6 is 0 Å². The van der Waals surface area contributed by atoms with Crippen LogP contribution in [-0.2, 0) is 12.8 Å². The number of pyridine rings is 1. The second kappa shape index (κ2) is 3.88. The van der Waals surface area contributed by atoms with Crippen molar-refractivity contribution in [2.45, 2.75) is 19.8 Å². The minimum absolute atomic E-state index is 0.921. The quantitative estimate of drug-likeness (QED) is 0.695. The molecule has 1 aromatic heterocycles. The van der Waals surface area contributed by atoms with Gasteiger partial charge in [0.15, 0.2) is 0 Å². The van der Waals surface area contributed by atoms with Gasteiger partial charge in [0.25, 0.3) is 0 Å². The van der Waals surface area contributed by atoms with Crippen LogP contribution in [0.2, 0.25) is 0 Å². The van der Waals surface area contributed by atoms with E-state index in [1.54, 1.807) is 7.11 Å². The van der Waals surface area contributed by atoms with Gasteiger partial charge in [0.2, 0.25) is 0 Å². The SMILES string of the molecule is COc1cc(C)nc2c3c(ccc12)CC=CC3. The molecule has 1 aromatic carbocycles. The van der Waals surface area contributed by atoms with Gasteiger partial charge in [-0.15, -0.1) is 0 Å². The van der Waals surface area contributed by atoms with Gasteiger partial charge in [-0.05, 0) is 37.0 Å². The first-order valence-corrected chi connectivity index (χ1v) is 5.90. The maximum Gasteiger partial charge on any atom is 0.130 e. The molecule has 2 aromatic rings. The van der Waals surface area contributed by atoms with E-state index < -0.39 is 0 Å². The Balaban J connectivity index is 2.37. The van der Waals surface area contributed by atoms with Crippen molar-refractivity contribution < 1.29 is 4.74 Å². The molecule has 0 aliphatic heterocycles. The number of nitrogens with zero attached hydrogens (tertiary/aromatic N) is 1. The van der Waals surface area contributed by atoms with E-state index in [0.717, 1.165) is 35.2 Å². The zero-order chi connectivity index (χ0) is 11.8. The molecule has 0 bridgehead atoms. The second-order valence-corrected chi connectivity index (χ2v) is 4.44. The fourth-order valence-corrected chi connectivity index (χ4v) is 2.48. The Labute approximate surface area is 101 Å². The third kappa shape index (κ3) is 1.60. The zero-order valence-electron chi connectivity index (χ0n) is 10.2. The first-order chi connectivity index (χ1) is 8.29. The molecule has 1 heterocycles. The van der Waals surface area contributed by atoms with Gasteiger partial charge in [0.1, 0.15) is 5.75 Å². The molecule has 2 heteroatoms. The van der Waals surface area contributed by atoms with Crippen molar-refractivity contribution >= 4 is 10.9 Å². The Morgan fingerprint density at radius 1 is 1.18 bits per heavy atom. The summed E-state index contributed by atoms with van der Waals surface area (Å²) in [6.07, 6.45) is 6.44. The number of allylic oxidation sites excluding steroid dienone is 2. The van der Waals surface area contributed by atoms with Gasteiger partial charge in [0, 0.05) is 17.1 Å². The summed E-state index contributed by atoms with van der Waals surface area (Å²) in [4.78, 5) is 4.68. The molecule has 1 aliphatic carbocycles. The van der Waals surface area contributed by atoms with Gasteiger partial charge in [-0.2, -0.15) is 0 Å². The van der Waals surface area contributed by atoms with Crippen molar-refractivity contribution in [3.05, 3.63) is 47.2 Å². The molecule has 0 fully saturated rings. The Bertz CT molecular complexity index is 614. The van der Waals surface area contributed by atoms with E-state index in [1.165, 1.54) is 11.1 Å². The molecule has 0 spiro atoms. The lowest BCUT2D eigenvalue weighted by Gasteiger charge is -2.15. The van der Waals surface area contributed by atoms with E-state index >= 15 is 0 Å². The van der Waals surface area contributed by atoms with Crippen LogP contribution in [0.4, 0.5) is 0 Å². The number of aromatic nitrogens is 1. The summed E-state index contributed by atoms with van der Waals surface area (Å²) in [5.41, 5.74) is 4.85. The highest BCUT2D eigenvalue weighted by Gasteiger charge is 2.13. The predicted octanol–water partition coefficient (Wildman–Crippen LogP) is 3.21. The number of methoxy groups -OCH3 is 1. The molecule has 0 radical (unpaired) electrons. The molecule has 0 N–H and O–H groups in total. The van der Waals surface area contributed by atoms with Crippen molar-refractivity contribution in [3.63, 3.8) is 0 Å². The lowest BCUT2D eigenvalue weighted by Crippen LogP contribution is -2.01. The highest BCUT2D eigenvalue weighted by molar-refractivity contribution is 5.89. The van der Waals surface area contributed by atoms with Crippen LogP contribution in [0.3, 0.4) is 0 Å². The number of benzene rings is 1.